The van der Waals surface area contributed by atoms with E-state index in [4.69, 9.17) is 0 Å². The number of amides is 2. The molecular weight excluding hydrogens is 464 g/mol. The molecule has 0 radical (unpaired) electrons. The zero-order valence-electron chi connectivity index (χ0n) is 18.5. The van der Waals surface area contributed by atoms with Crippen molar-refractivity contribution in [2.45, 2.75) is 18.8 Å². The van der Waals surface area contributed by atoms with E-state index in [-0.39, 0.29) is 17.2 Å². The van der Waals surface area contributed by atoms with E-state index in [0.717, 1.165) is 21.7 Å². The zero-order valence-corrected chi connectivity index (χ0v) is 20.1. The highest BCUT2D eigenvalue weighted by Gasteiger charge is 2.32. The highest BCUT2D eigenvalue weighted by atomic mass is 32.2. The number of aryl methyl sites for hydroxylation is 1. The minimum atomic E-state index is -0.241. The second-order valence-electron chi connectivity index (χ2n) is 8.03. The van der Waals surface area contributed by atoms with Crippen molar-refractivity contribution in [3.8, 4) is 10.6 Å². The van der Waals surface area contributed by atoms with Gasteiger partial charge in [-0.15, -0.1) is 22.0 Å². The normalized spacial score (nSPS) is 15.5. The third kappa shape index (κ3) is 4.88. The lowest BCUT2D eigenvalue weighted by Crippen LogP contribution is -2.27. The average Bonchev–Trinajstić information content (AvgIpc) is 3.47. The summed E-state index contributed by atoms with van der Waals surface area (Å²) in [6.45, 7) is 2.60. The van der Waals surface area contributed by atoms with Crippen molar-refractivity contribution in [1.82, 2.24) is 15.1 Å². The smallest absolute Gasteiger partial charge is 0.257 e. The number of hydrogen-bond acceptors (Lipinski definition) is 6. The third-order valence-electron chi connectivity index (χ3n) is 5.57. The van der Waals surface area contributed by atoms with Crippen LogP contribution in [0.25, 0.3) is 10.6 Å². The molecule has 1 atom stereocenters. The van der Waals surface area contributed by atoms with Crippen molar-refractivity contribution in [1.29, 1.82) is 0 Å². The molecule has 170 valence electrons. The van der Waals surface area contributed by atoms with Gasteiger partial charge in [-0.25, -0.2) is 0 Å². The first-order valence-electron chi connectivity index (χ1n) is 10.8. The number of aromatic nitrogens is 2. The molecule has 0 spiro atoms. The number of thioether (sulfide) groups is 1. The average molecular weight is 487 g/mol. The summed E-state index contributed by atoms with van der Waals surface area (Å²) < 4.78 is 0. The Hall–Kier alpha value is -3.49. The maximum Gasteiger partial charge on any atom is 0.257 e. The number of nitrogens with zero attached hydrogens (tertiary/aromatic N) is 3. The van der Waals surface area contributed by atoms with Crippen LogP contribution in [-0.4, -0.2) is 32.7 Å². The monoisotopic (exact) mass is 486 g/mol. The van der Waals surface area contributed by atoms with Gasteiger partial charge in [-0.2, -0.15) is 0 Å². The van der Waals surface area contributed by atoms with E-state index in [1.54, 1.807) is 23.9 Å². The van der Waals surface area contributed by atoms with Crippen LogP contribution in [0, 0.1) is 6.92 Å². The van der Waals surface area contributed by atoms with Crippen molar-refractivity contribution >= 4 is 40.0 Å². The fourth-order valence-electron chi connectivity index (χ4n) is 3.74. The van der Waals surface area contributed by atoms with Crippen LogP contribution in [-0.2, 0) is 11.3 Å². The first kappa shape index (κ1) is 22.3. The van der Waals surface area contributed by atoms with E-state index in [9.17, 15) is 9.59 Å². The molecule has 0 unspecified atom stereocenters. The Kier molecular flexibility index (Phi) is 6.42. The fourth-order valence-corrected chi connectivity index (χ4v) is 5.67. The van der Waals surface area contributed by atoms with E-state index in [1.165, 1.54) is 16.9 Å². The Morgan fingerprint density at radius 3 is 2.47 bits per heavy atom. The van der Waals surface area contributed by atoms with Gasteiger partial charge in [0.2, 0.25) is 11.0 Å². The van der Waals surface area contributed by atoms with Crippen LogP contribution in [0.5, 0.6) is 0 Å². The molecule has 2 heterocycles. The molecular formula is C26H22N4O2S2. The van der Waals surface area contributed by atoms with Gasteiger partial charge in [0, 0.05) is 17.7 Å². The van der Waals surface area contributed by atoms with Gasteiger partial charge in [-0.3, -0.25) is 14.9 Å². The van der Waals surface area contributed by atoms with Gasteiger partial charge in [0.15, 0.2) is 0 Å². The van der Waals surface area contributed by atoms with Crippen LogP contribution >= 0.6 is 23.1 Å². The van der Waals surface area contributed by atoms with Crippen LogP contribution in [0.15, 0.2) is 78.9 Å². The molecule has 1 N–H and O–H groups in total. The highest BCUT2D eigenvalue weighted by molar-refractivity contribution is 8.00. The Labute approximate surface area is 206 Å². The quantitative estimate of drug-likeness (QED) is 0.387. The molecule has 0 bridgehead atoms. The number of carbonyl (C=O) groups is 2. The first-order chi connectivity index (χ1) is 16.6. The summed E-state index contributed by atoms with van der Waals surface area (Å²) in [7, 11) is 0. The van der Waals surface area contributed by atoms with Crippen molar-refractivity contribution in [2.75, 3.05) is 11.1 Å². The van der Waals surface area contributed by atoms with Crippen molar-refractivity contribution in [3.63, 3.8) is 0 Å². The minimum absolute atomic E-state index is 0.0648. The Balaban J connectivity index is 1.26. The van der Waals surface area contributed by atoms with Crippen LogP contribution in [0.1, 0.15) is 32.4 Å². The molecule has 1 aromatic heterocycles. The maximum atomic E-state index is 12.8. The summed E-state index contributed by atoms with van der Waals surface area (Å²) >= 11 is 2.95. The first-order valence-corrected chi connectivity index (χ1v) is 12.7. The second-order valence-corrected chi connectivity index (χ2v) is 10.1. The van der Waals surface area contributed by atoms with Gasteiger partial charge < -0.3 is 4.90 Å². The molecule has 34 heavy (non-hydrogen) atoms. The van der Waals surface area contributed by atoms with E-state index >= 15 is 0 Å². The summed E-state index contributed by atoms with van der Waals surface area (Å²) in [5, 5.41) is 12.3. The molecule has 2 amide bonds. The van der Waals surface area contributed by atoms with Crippen LogP contribution < -0.4 is 5.32 Å². The number of nitrogens with one attached hydrogen (secondary N) is 1. The largest absolute Gasteiger partial charge is 0.322 e. The number of rotatable bonds is 6. The summed E-state index contributed by atoms with van der Waals surface area (Å²) in [4.78, 5) is 27.1. The molecule has 0 saturated carbocycles. The highest BCUT2D eigenvalue weighted by Crippen LogP contribution is 2.39. The maximum absolute atomic E-state index is 12.8. The van der Waals surface area contributed by atoms with Gasteiger partial charge in [0.25, 0.3) is 5.91 Å². The predicted octanol–water partition coefficient (Wildman–Crippen LogP) is 5.54. The van der Waals surface area contributed by atoms with Crippen LogP contribution in [0.2, 0.25) is 0 Å². The molecule has 6 nitrogen and oxygen atoms in total. The van der Waals surface area contributed by atoms with Gasteiger partial charge in [-0.1, -0.05) is 83.6 Å². The fraction of sp³-hybridized carbons (Fsp3) is 0.154. The van der Waals surface area contributed by atoms with E-state index in [0.29, 0.717) is 23.0 Å². The van der Waals surface area contributed by atoms with Crippen molar-refractivity contribution < 1.29 is 9.59 Å². The summed E-state index contributed by atoms with van der Waals surface area (Å²) in [6.07, 6.45) is 0. The lowest BCUT2D eigenvalue weighted by molar-refractivity contribution is -0.128. The Bertz CT molecular complexity index is 1300. The second kappa shape index (κ2) is 9.79. The van der Waals surface area contributed by atoms with Gasteiger partial charge in [-0.05, 0) is 30.2 Å². The summed E-state index contributed by atoms with van der Waals surface area (Å²) in [6, 6.07) is 25.4. The number of hydrogen-bond donors (Lipinski definition) is 1. The Morgan fingerprint density at radius 2 is 1.74 bits per heavy atom. The van der Waals surface area contributed by atoms with Crippen LogP contribution in [0.4, 0.5) is 5.13 Å². The summed E-state index contributed by atoms with van der Waals surface area (Å²) in [5.41, 5.74) is 4.77. The van der Waals surface area contributed by atoms with E-state index < -0.39 is 0 Å². The lowest BCUT2D eigenvalue weighted by Gasteiger charge is -2.24. The molecule has 1 aliphatic heterocycles. The molecule has 4 aromatic rings. The Morgan fingerprint density at radius 1 is 1.00 bits per heavy atom. The van der Waals surface area contributed by atoms with Crippen LogP contribution in [0.3, 0.4) is 0 Å². The molecule has 0 aliphatic carbocycles. The topological polar surface area (TPSA) is 75.2 Å². The zero-order chi connectivity index (χ0) is 23.5. The molecule has 1 aliphatic rings. The number of benzene rings is 3. The predicted molar refractivity (Wildman–Crippen MR) is 137 cm³/mol. The number of carbonyl (C=O) groups excluding carboxylic acids is 2. The van der Waals surface area contributed by atoms with E-state index in [2.05, 4.69) is 15.5 Å². The SMILES string of the molecule is Cc1ccc(-c2nnc(NC(=O)c3ccc([C@H]4SCC(=O)N4Cc4ccccc4)cc3)s2)cc1. The number of anilines is 1. The molecule has 1 saturated heterocycles. The van der Waals surface area contributed by atoms with Gasteiger partial charge in [0.05, 0.1) is 5.75 Å². The minimum Gasteiger partial charge on any atom is -0.322 e. The van der Waals surface area contributed by atoms with Gasteiger partial charge >= 0.3 is 0 Å². The molecule has 8 heteroatoms. The van der Waals surface area contributed by atoms with E-state index in [1.807, 2.05) is 78.6 Å². The lowest BCUT2D eigenvalue weighted by atomic mass is 10.1. The molecule has 5 rings (SSSR count). The standard InChI is InChI=1S/C26H22N4O2S2/c1-17-7-9-20(10-8-17)24-28-29-26(34-24)27-23(32)19-11-13-21(14-12-19)25-30(22(31)16-33-25)15-18-5-3-2-4-6-18/h2-14,25H,15-16H2,1H3,(H,27,29,32)/t25-/m1/s1. The van der Waals surface area contributed by atoms with Gasteiger partial charge in [0.1, 0.15) is 10.4 Å². The molecule has 1 fully saturated rings. The molecule has 3 aromatic carbocycles. The van der Waals surface area contributed by atoms with Crippen molar-refractivity contribution in [2.24, 2.45) is 0 Å². The third-order valence-corrected chi connectivity index (χ3v) is 7.71. The summed E-state index contributed by atoms with van der Waals surface area (Å²) in [5.74, 6) is 0.343. The van der Waals surface area contributed by atoms with Crippen molar-refractivity contribution in [3.05, 3.63) is 101 Å².